The van der Waals surface area contributed by atoms with Gasteiger partial charge in [0, 0.05) is 5.92 Å². The van der Waals surface area contributed by atoms with Crippen molar-refractivity contribution in [3.63, 3.8) is 0 Å². The SMILES string of the molecule is CC[C@H](c1ccc(C(F)(F)F)cc1)c1ccc2ccccc2c1. The topological polar surface area (TPSA) is 0 Å². The standard InChI is InChI=1S/C20H17F3/c1-2-19(15-9-11-18(12-10-15)20(21,22)23)17-8-7-14-5-3-4-6-16(14)13-17/h3-13,19H,2H2,1H3/t19-/m1/s1. The fraction of sp³-hybridized carbons (Fsp3) is 0.200. The lowest BCUT2D eigenvalue weighted by Crippen LogP contribution is -2.06. The summed E-state index contributed by atoms with van der Waals surface area (Å²) >= 11 is 0. The zero-order chi connectivity index (χ0) is 16.4. The van der Waals surface area contributed by atoms with E-state index in [1.165, 1.54) is 17.5 Å². The minimum atomic E-state index is -4.29. The van der Waals surface area contributed by atoms with Crippen LogP contribution in [0, 0.1) is 0 Å². The van der Waals surface area contributed by atoms with Gasteiger partial charge in [-0.2, -0.15) is 13.2 Å². The third-order valence-corrected chi connectivity index (χ3v) is 4.22. The number of alkyl halides is 3. The molecule has 3 heteroatoms. The quantitative estimate of drug-likeness (QED) is 0.524. The van der Waals surface area contributed by atoms with Gasteiger partial charge in [-0.05, 0) is 40.5 Å². The van der Waals surface area contributed by atoms with Crippen molar-refractivity contribution in [3.8, 4) is 0 Å². The Bertz CT molecular complexity index is 801. The van der Waals surface area contributed by atoms with E-state index in [1.807, 2.05) is 12.1 Å². The molecule has 0 saturated carbocycles. The van der Waals surface area contributed by atoms with Gasteiger partial charge in [-0.15, -0.1) is 0 Å². The van der Waals surface area contributed by atoms with Crippen molar-refractivity contribution < 1.29 is 13.2 Å². The number of rotatable bonds is 3. The van der Waals surface area contributed by atoms with Crippen molar-refractivity contribution in [3.05, 3.63) is 83.4 Å². The van der Waals surface area contributed by atoms with Crippen LogP contribution in [0.3, 0.4) is 0 Å². The van der Waals surface area contributed by atoms with Crippen molar-refractivity contribution in [2.45, 2.75) is 25.4 Å². The summed E-state index contributed by atoms with van der Waals surface area (Å²) in [5.74, 6) is 0.0990. The summed E-state index contributed by atoms with van der Waals surface area (Å²) < 4.78 is 38.1. The molecule has 0 spiro atoms. The molecule has 0 saturated heterocycles. The molecule has 0 N–H and O–H groups in total. The molecule has 0 bridgehead atoms. The molecule has 1 atom stereocenters. The maximum Gasteiger partial charge on any atom is 0.416 e. The summed E-state index contributed by atoms with van der Waals surface area (Å²) in [7, 11) is 0. The highest BCUT2D eigenvalue weighted by atomic mass is 19.4. The number of benzene rings is 3. The Hall–Kier alpha value is -2.29. The van der Waals surface area contributed by atoms with Crippen molar-refractivity contribution in [2.24, 2.45) is 0 Å². The van der Waals surface area contributed by atoms with Crippen LogP contribution in [-0.4, -0.2) is 0 Å². The van der Waals surface area contributed by atoms with Crippen LogP contribution in [0.2, 0.25) is 0 Å². The van der Waals surface area contributed by atoms with Crippen LogP contribution >= 0.6 is 0 Å². The summed E-state index contributed by atoms with van der Waals surface area (Å²) in [6.45, 7) is 2.05. The Morgan fingerprint density at radius 3 is 2.00 bits per heavy atom. The Labute approximate surface area is 133 Å². The molecular formula is C20H17F3. The van der Waals surface area contributed by atoms with Crippen LogP contribution in [0.5, 0.6) is 0 Å². The van der Waals surface area contributed by atoms with E-state index in [2.05, 4.69) is 37.3 Å². The largest absolute Gasteiger partial charge is 0.416 e. The first-order chi connectivity index (χ1) is 11.0. The van der Waals surface area contributed by atoms with Crippen molar-refractivity contribution >= 4 is 10.8 Å². The molecule has 3 aromatic rings. The Morgan fingerprint density at radius 2 is 1.39 bits per heavy atom. The molecule has 0 aromatic heterocycles. The highest BCUT2D eigenvalue weighted by molar-refractivity contribution is 5.83. The molecule has 0 heterocycles. The lowest BCUT2D eigenvalue weighted by atomic mass is 9.87. The monoisotopic (exact) mass is 314 g/mol. The Morgan fingerprint density at radius 1 is 0.783 bits per heavy atom. The van der Waals surface area contributed by atoms with Crippen molar-refractivity contribution in [1.29, 1.82) is 0 Å². The second kappa shape index (κ2) is 6.07. The summed E-state index contributed by atoms with van der Waals surface area (Å²) in [5.41, 5.74) is 1.44. The first kappa shape index (κ1) is 15.6. The third kappa shape index (κ3) is 3.24. The Kier molecular flexibility index (Phi) is 4.12. The van der Waals surface area contributed by atoms with Gasteiger partial charge in [0.15, 0.2) is 0 Å². The highest BCUT2D eigenvalue weighted by Crippen LogP contribution is 2.33. The van der Waals surface area contributed by atoms with E-state index in [4.69, 9.17) is 0 Å². The lowest BCUT2D eigenvalue weighted by Gasteiger charge is -2.17. The molecule has 0 aliphatic rings. The van der Waals surface area contributed by atoms with E-state index in [1.54, 1.807) is 12.1 Å². The van der Waals surface area contributed by atoms with Crippen LogP contribution in [0.1, 0.15) is 36.0 Å². The van der Waals surface area contributed by atoms with Crippen LogP contribution in [-0.2, 0) is 6.18 Å². The third-order valence-electron chi connectivity index (χ3n) is 4.22. The molecule has 3 rings (SSSR count). The first-order valence-corrected chi connectivity index (χ1v) is 7.65. The van der Waals surface area contributed by atoms with E-state index >= 15 is 0 Å². The predicted octanol–water partition coefficient (Wildman–Crippen LogP) is 6.40. The van der Waals surface area contributed by atoms with Gasteiger partial charge in [0.25, 0.3) is 0 Å². The second-order valence-corrected chi connectivity index (χ2v) is 5.69. The van der Waals surface area contributed by atoms with Gasteiger partial charge in [-0.1, -0.05) is 61.5 Å². The number of hydrogen-bond donors (Lipinski definition) is 0. The van der Waals surface area contributed by atoms with Crippen molar-refractivity contribution in [1.82, 2.24) is 0 Å². The minimum absolute atomic E-state index is 0.0990. The molecule has 0 fully saturated rings. The van der Waals surface area contributed by atoms with Crippen LogP contribution in [0.4, 0.5) is 13.2 Å². The molecular weight excluding hydrogens is 297 g/mol. The van der Waals surface area contributed by atoms with Gasteiger partial charge in [-0.3, -0.25) is 0 Å². The molecule has 0 unspecified atom stereocenters. The van der Waals surface area contributed by atoms with Gasteiger partial charge < -0.3 is 0 Å². The number of halogens is 3. The molecule has 23 heavy (non-hydrogen) atoms. The lowest BCUT2D eigenvalue weighted by molar-refractivity contribution is -0.137. The van der Waals surface area contributed by atoms with Crippen LogP contribution < -0.4 is 0 Å². The van der Waals surface area contributed by atoms with Gasteiger partial charge in [0.1, 0.15) is 0 Å². The van der Waals surface area contributed by atoms with Gasteiger partial charge in [0.2, 0.25) is 0 Å². The summed E-state index contributed by atoms with van der Waals surface area (Å²) in [5, 5.41) is 2.31. The molecule has 3 aromatic carbocycles. The fourth-order valence-electron chi connectivity index (χ4n) is 2.99. The number of hydrogen-bond acceptors (Lipinski definition) is 0. The highest BCUT2D eigenvalue weighted by Gasteiger charge is 2.30. The molecule has 0 aliphatic heterocycles. The molecule has 0 aliphatic carbocycles. The molecule has 0 amide bonds. The summed E-state index contributed by atoms with van der Waals surface area (Å²) in [6, 6.07) is 19.9. The predicted molar refractivity (Wildman–Crippen MR) is 87.5 cm³/mol. The van der Waals surface area contributed by atoms with E-state index in [0.717, 1.165) is 22.9 Å². The summed E-state index contributed by atoms with van der Waals surface area (Å²) in [4.78, 5) is 0. The van der Waals surface area contributed by atoms with Gasteiger partial charge >= 0.3 is 6.18 Å². The van der Waals surface area contributed by atoms with Crippen molar-refractivity contribution in [2.75, 3.05) is 0 Å². The zero-order valence-corrected chi connectivity index (χ0v) is 12.8. The van der Waals surface area contributed by atoms with E-state index in [0.29, 0.717) is 0 Å². The average molecular weight is 314 g/mol. The Balaban J connectivity index is 1.97. The van der Waals surface area contributed by atoms with Crippen LogP contribution in [0.25, 0.3) is 10.8 Å². The van der Waals surface area contributed by atoms with E-state index in [-0.39, 0.29) is 5.92 Å². The van der Waals surface area contributed by atoms with E-state index in [9.17, 15) is 13.2 Å². The zero-order valence-electron chi connectivity index (χ0n) is 12.8. The smallest absolute Gasteiger partial charge is 0.166 e. The normalized spacial score (nSPS) is 13.2. The maximum absolute atomic E-state index is 12.7. The molecule has 0 nitrogen and oxygen atoms in total. The van der Waals surface area contributed by atoms with E-state index < -0.39 is 11.7 Å². The van der Waals surface area contributed by atoms with Gasteiger partial charge in [0.05, 0.1) is 5.56 Å². The maximum atomic E-state index is 12.7. The molecule has 118 valence electrons. The first-order valence-electron chi connectivity index (χ1n) is 7.65. The summed E-state index contributed by atoms with van der Waals surface area (Å²) in [6.07, 6.45) is -3.45. The van der Waals surface area contributed by atoms with Crippen LogP contribution in [0.15, 0.2) is 66.7 Å². The second-order valence-electron chi connectivity index (χ2n) is 5.69. The van der Waals surface area contributed by atoms with Gasteiger partial charge in [-0.25, -0.2) is 0 Å². The number of fused-ring (bicyclic) bond motifs is 1. The minimum Gasteiger partial charge on any atom is -0.166 e. The molecule has 0 radical (unpaired) electrons. The average Bonchev–Trinajstić information content (AvgIpc) is 2.55. The fourth-order valence-corrected chi connectivity index (χ4v) is 2.99.